The van der Waals surface area contributed by atoms with Gasteiger partial charge in [0.25, 0.3) is 0 Å². The van der Waals surface area contributed by atoms with Gasteiger partial charge in [-0.2, -0.15) is 0 Å². The zero-order valence-electron chi connectivity index (χ0n) is 14.9. The first kappa shape index (κ1) is 17.9. The van der Waals surface area contributed by atoms with Crippen molar-refractivity contribution in [2.45, 2.75) is 25.9 Å². The first-order valence-electron chi connectivity index (χ1n) is 8.95. The van der Waals surface area contributed by atoms with E-state index in [1.165, 1.54) is 12.4 Å². The molecule has 0 unspecified atom stereocenters. The highest BCUT2D eigenvalue weighted by Gasteiger charge is 2.17. The second-order valence-corrected chi connectivity index (χ2v) is 7.08. The Balaban J connectivity index is 1.70. The lowest BCUT2D eigenvalue weighted by atomic mass is 10.1. The summed E-state index contributed by atoms with van der Waals surface area (Å²) in [5.74, 6) is 0.788. The standard InChI is InChI=1S/C20H20ClFN4O/c1-12-8-17-14(9-18(12)27-13-4-3-7-23-10-13)20(25-11-24-17)26-16-6-2-5-15(21)19(16)22/h2,5-6,8-9,11,13,23H,3-4,7,10H2,1H3,(H,24,25,26)/t13-/m1/s1. The first-order chi connectivity index (χ1) is 13.1. The normalized spacial score (nSPS) is 17.1. The number of hydrogen-bond donors (Lipinski definition) is 2. The Morgan fingerprint density at radius 1 is 1.30 bits per heavy atom. The molecule has 1 aliphatic rings. The van der Waals surface area contributed by atoms with Gasteiger partial charge in [0, 0.05) is 11.9 Å². The third-order valence-electron chi connectivity index (χ3n) is 4.68. The molecule has 140 valence electrons. The van der Waals surface area contributed by atoms with Crippen molar-refractivity contribution < 1.29 is 9.13 Å². The SMILES string of the molecule is Cc1cc2ncnc(Nc3cccc(Cl)c3F)c2cc1O[C@@H]1CCCNC1. The van der Waals surface area contributed by atoms with Crippen LogP contribution in [0.2, 0.25) is 5.02 Å². The molecule has 5 nitrogen and oxygen atoms in total. The van der Waals surface area contributed by atoms with E-state index in [1.54, 1.807) is 12.1 Å². The number of piperidine rings is 1. The van der Waals surface area contributed by atoms with Crippen molar-refractivity contribution in [2.24, 2.45) is 0 Å². The van der Waals surface area contributed by atoms with E-state index in [4.69, 9.17) is 16.3 Å². The third kappa shape index (κ3) is 3.82. The molecule has 2 aromatic carbocycles. The number of hydrogen-bond acceptors (Lipinski definition) is 5. The topological polar surface area (TPSA) is 59.1 Å². The fourth-order valence-electron chi connectivity index (χ4n) is 3.24. The molecule has 1 saturated heterocycles. The molecule has 2 heterocycles. The summed E-state index contributed by atoms with van der Waals surface area (Å²) < 4.78 is 20.5. The fraction of sp³-hybridized carbons (Fsp3) is 0.300. The number of nitrogens with zero attached hydrogens (tertiary/aromatic N) is 2. The van der Waals surface area contributed by atoms with Crippen LogP contribution < -0.4 is 15.4 Å². The van der Waals surface area contributed by atoms with Crippen molar-refractivity contribution >= 4 is 34.0 Å². The van der Waals surface area contributed by atoms with Gasteiger partial charge in [0.05, 0.1) is 16.2 Å². The summed E-state index contributed by atoms with van der Waals surface area (Å²) in [6.45, 7) is 3.86. The summed E-state index contributed by atoms with van der Waals surface area (Å²) in [5.41, 5.74) is 2.04. The maximum absolute atomic E-state index is 14.3. The Morgan fingerprint density at radius 2 is 2.19 bits per heavy atom. The molecule has 1 aliphatic heterocycles. The van der Waals surface area contributed by atoms with Crippen LogP contribution in [-0.4, -0.2) is 29.2 Å². The van der Waals surface area contributed by atoms with Crippen LogP contribution in [0.5, 0.6) is 5.75 Å². The molecule has 0 bridgehead atoms. The van der Waals surface area contributed by atoms with E-state index in [1.807, 2.05) is 19.1 Å². The van der Waals surface area contributed by atoms with Crippen molar-refractivity contribution in [3.05, 3.63) is 53.1 Å². The van der Waals surface area contributed by atoms with Crippen molar-refractivity contribution in [2.75, 3.05) is 18.4 Å². The number of anilines is 2. The van der Waals surface area contributed by atoms with Gasteiger partial charge in [-0.1, -0.05) is 17.7 Å². The average Bonchev–Trinajstić information content (AvgIpc) is 2.67. The number of rotatable bonds is 4. The summed E-state index contributed by atoms with van der Waals surface area (Å²) in [6, 6.07) is 8.69. The molecule has 1 aromatic heterocycles. The van der Waals surface area contributed by atoms with E-state index in [0.29, 0.717) is 5.82 Å². The van der Waals surface area contributed by atoms with Crippen LogP contribution in [0.25, 0.3) is 10.9 Å². The number of aromatic nitrogens is 2. The van der Waals surface area contributed by atoms with E-state index < -0.39 is 5.82 Å². The molecular formula is C20H20ClFN4O. The highest BCUT2D eigenvalue weighted by atomic mass is 35.5. The number of benzene rings is 2. The average molecular weight is 387 g/mol. The lowest BCUT2D eigenvalue weighted by molar-refractivity contribution is 0.166. The third-order valence-corrected chi connectivity index (χ3v) is 4.97. The largest absolute Gasteiger partial charge is 0.489 e. The molecule has 7 heteroatoms. The van der Waals surface area contributed by atoms with Crippen LogP contribution in [0, 0.1) is 12.7 Å². The van der Waals surface area contributed by atoms with Gasteiger partial charge in [0.15, 0.2) is 5.82 Å². The van der Waals surface area contributed by atoms with Gasteiger partial charge in [0.1, 0.15) is 24.0 Å². The van der Waals surface area contributed by atoms with Gasteiger partial charge in [0.2, 0.25) is 0 Å². The second kappa shape index (κ2) is 7.66. The number of fused-ring (bicyclic) bond motifs is 1. The van der Waals surface area contributed by atoms with Crippen molar-refractivity contribution in [1.29, 1.82) is 0 Å². The Morgan fingerprint density at radius 3 is 3.00 bits per heavy atom. The van der Waals surface area contributed by atoms with Gasteiger partial charge in [-0.25, -0.2) is 14.4 Å². The number of aryl methyl sites for hydroxylation is 1. The molecule has 0 saturated carbocycles. The van der Waals surface area contributed by atoms with Crippen LogP contribution in [0.3, 0.4) is 0 Å². The Bertz CT molecular complexity index is 976. The van der Waals surface area contributed by atoms with E-state index in [0.717, 1.165) is 48.1 Å². The first-order valence-corrected chi connectivity index (χ1v) is 9.33. The van der Waals surface area contributed by atoms with Crippen LogP contribution in [0.1, 0.15) is 18.4 Å². The van der Waals surface area contributed by atoms with Crippen molar-refractivity contribution in [3.8, 4) is 5.75 Å². The van der Waals surface area contributed by atoms with Gasteiger partial charge in [-0.05, 0) is 56.1 Å². The minimum Gasteiger partial charge on any atom is -0.489 e. The van der Waals surface area contributed by atoms with E-state index in [2.05, 4.69) is 20.6 Å². The summed E-state index contributed by atoms with van der Waals surface area (Å²) in [4.78, 5) is 8.62. The van der Waals surface area contributed by atoms with Gasteiger partial charge in [-0.15, -0.1) is 0 Å². The predicted molar refractivity (Wildman–Crippen MR) is 105 cm³/mol. The second-order valence-electron chi connectivity index (χ2n) is 6.67. The maximum Gasteiger partial charge on any atom is 0.165 e. The van der Waals surface area contributed by atoms with E-state index in [-0.39, 0.29) is 16.8 Å². The minimum absolute atomic E-state index is 0.0584. The molecule has 4 rings (SSSR count). The molecule has 0 amide bonds. The molecule has 0 aliphatic carbocycles. The summed E-state index contributed by atoms with van der Waals surface area (Å²) >= 11 is 5.88. The Labute approximate surface area is 161 Å². The highest BCUT2D eigenvalue weighted by Crippen LogP contribution is 2.32. The van der Waals surface area contributed by atoms with Gasteiger partial charge in [-0.3, -0.25) is 0 Å². The molecule has 2 N–H and O–H groups in total. The minimum atomic E-state index is -0.511. The number of halogens is 2. The molecule has 0 spiro atoms. The zero-order chi connectivity index (χ0) is 18.8. The predicted octanol–water partition coefficient (Wildman–Crippen LogP) is 4.61. The lowest BCUT2D eigenvalue weighted by Crippen LogP contribution is -2.37. The van der Waals surface area contributed by atoms with Crippen LogP contribution in [0.15, 0.2) is 36.7 Å². The molecule has 27 heavy (non-hydrogen) atoms. The summed E-state index contributed by atoms with van der Waals surface area (Å²) in [7, 11) is 0. The number of ether oxygens (including phenoxy) is 1. The molecular weight excluding hydrogens is 367 g/mol. The van der Waals surface area contributed by atoms with Crippen LogP contribution >= 0.6 is 11.6 Å². The molecule has 0 radical (unpaired) electrons. The maximum atomic E-state index is 14.3. The molecule has 1 atom stereocenters. The van der Waals surface area contributed by atoms with Gasteiger partial charge >= 0.3 is 0 Å². The molecule has 1 fully saturated rings. The zero-order valence-corrected chi connectivity index (χ0v) is 15.7. The van der Waals surface area contributed by atoms with E-state index >= 15 is 0 Å². The smallest absolute Gasteiger partial charge is 0.165 e. The van der Waals surface area contributed by atoms with Gasteiger partial charge < -0.3 is 15.4 Å². The molecule has 3 aromatic rings. The van der Waals surface area contributed by atoms with Crippen LogP contribution in [-0.2, 0) is 0 Å². The highest BCUT2D eigenvalue weighted by molar-refractivity contribution is 6.31. The van der Waals surface area contributed by atoms with Crippen molar-refractivity contribution in [1.82, 2.24) is 15.3 Å². The number of nitrogens with one attached hydrogen (secondary N) is 2. The summed E-state index contributed by atoms with van der Waals surface area (Å²) in [5, 5.41) is 7.20. The quantitative estimate of drug-likeness (QED) is 0.686. The lowest BCUT2D eigenvalue weighted by Gasteiger charge is -2.25. The Kier molecular flexibility index (Phi) is 5.09. The summed E-state index contributed by atoms with van der Waals surface area (Å²) in [6.07, 6.45) is 3.72. The Hall–Kier alpha value is -2.44. The fourth-order valence-corrected chi connectivity index (χ4v) is 3.42. The van der Waals surface area contributed by atoms with Crippen LogP contribution in [0.4, 0.5) is 15.9 Å². The van der Waals surface area contributed by atoms with Crippen molar-refractivity contribution in [3.63, 3.8) is 0 Å². The monoisotopic (exact) mass is 386 g/mol. The van der Waals surface area contributed by atoms with E-state index in [9.17, 15) is 4.39 Å².